The van der Waals surface area contributed by atoms with Crippen LogP contribution < -0.4 is 0 Å². The van der Waals surface area contributed by atoms with Gasteiger partial charge in [-0.1, -0.05) is 31.2 Å². The number of hydrogen-bond acceptors (Lipinski definition) is 2. The summed E-state index contributed by atoms with van der Waals surface area (Å²) in [5.41, 5.74) is 1.91. The number of halogens is 2. The van der Waals surface area contributed by atoms with E-state index >= 15 is 0 Å². The third-order valence-corrected chi connectivity index (χ3v) is 4.90. The Kier molecular flexibility index (Phi) is 9.10. The monoisotopic (exact) mass is 399 g/mol. The number of benzene rings is 2. The molecule has 1 fully saturated rings. The lowest BCUT2D eigenvalue weighted by atomic mass is 9.88. The summed E-state index contributed by atoms with van der Waals surface area (Å²) in [5.74, 6) is -0.0270. The average molecular weight is 400 g/mol. The van der Waals surface area contributed by atoms with E-state index in [1.807, 2.05) is 0 Å². The Morgan fingerprint density at radius 2 is 1.38 bits per heavy atom. The van der Waals surface area contributed by atoms with Crippen LogP contribution in [0.1, 0.15) is 36.9 Å². The summed E-state index contributed by atoms with van der Waals surface area (Å²) < 4.78 is 26.7. The second-order valence-corrected chi connectivity index (χ2v) is 6.72. The maximum atomic E-state index is 13.3. The largest absolute Gasteiger partial charge is 0.395 e. The van der Waals surface area contributed by atoms with E-state index in [0.29, 0.717) is 5.92 Å². The predicted octanol–water partition coefficient (Wildman–Crippen LogP) is 4.37. The number of hydrogen-bond donors (Lipinski definition) is 1. The van der Waals surface area contributed by atoms with E-state index < -0.39 is 0 Å². The highest BCUT2D eigenvalue weighted by molar-refractivity contribution is 7.59. The molecule has 26 heavy (non-hydrogen) atoms. The van der Waals surface area contributed by atoms with Crippen LogP contribution in [0, 0.1) is 17.6 Å². The minimum atomic E-state index is -0.276. The van der Waals surface area contributed by atoms with Gasteiger partial charge in [-0.3, -0.25) is 4.90 Å². The molecule has 1 aliphatic heterocycles. The molecule has 1 heterocycles. The van der Waals surface area contributed by atoms with Gasteiger partial charge in [0, 0.05) is 12.6 Å². The maximum Gasteiger partial charge on any atom is 0.123 e. The summed E-state index contributed by atoms with van der Waals surface area (Å²) in [5, 5.41) is 9.82. The number of aliphatic hydroxyl groups is 1. The van der Waals surface area contributed by atoms with Crippen LogP contribution in [0.5, 0.6) is 0 Å². The molecular weight excluding hydrogens is 372 g/mol. The van der Waals surface area contributed by atoms with Crippen molar-refractivity contribution < 1.29 is 13.9 Å². The normalized spacial score (nSPS) is 20.3. The van der Waals surface area contributed by atoms with Gasteiger partial charge in [0.2, 0.25) is 0 Å². The van der Waals surface area contributed by atoms with Gasteiger partial charge in [0.05, 0.1) is 12.6 Å². The van der Waals surface area contributed by atoms with Crippen LogP contribution in [0.3, 0.4) is 0 Å². The highest BCUT2D eigenvalue weighted by atomic mass is 32.1. The lowest BCUT2D eigenvalue weighted by Crippen LogP contribution is -2.47. The van der Waals surface area contributed by atoms with Crippen molar-refractivity contribution in [1.29, 1.82) is 0 Å². The smallest absolute Gasteiger partial charge is 0.123 e. The second-order valence-electron chi connectivity index (χ2n) is 6.72. The van der Waals surface area contributed by atoms with E-state index in [0.717, 1.165) is 30.5 Å². The van der Waals surface area contributed by atoms with E-state index in [1.165, 1.54) is 24.3 Å². The molecule has 2 nitrogen and oxygen atoms in total. The Hall–Kier alpha value is -1.08. The van der Waals surface area contributed by atoms with Gasteiger partial charge in [-0.05, 0) is 54.2 Å². The average Bonchev–Trinajstić information content (AvgIpc) is 2.59. The Morgan fingerprint density at radius 1 is 0.923 bits per heavy atom. The summed E-state index contributed by atoms with van der Waals surface area (Å²) in [6, 6.07) is 12.8. The molecule has 0 bridgehead atoms. The third-order valence-electron chi connectivity index (χ3n) is 4.90. The fourth-order valence-corrected chi connectivity index (χ4v) is 3.62. The summed E-state index contributed by atoms with van der Waals surface area (Å²) in [4.78, 5) is 2.27. The molecular formula is C20H27F2NOS2. The number of aliphatic hydroxyl groups excluding tert-OH is 1. The first-order valence-electron chi connectivity index (χ1n) is 8.46. The molecule has 2 atom stereocenters. The maximum absolute atomic E-state index is 13.3. The molecule has 0 aliphatic carbocycles. The van der Waals surface area contributed by atoms with Crippen molar-refractivity contribution in [3.8, 4) is 0 Å². The zero-order chi connectivity index (χ0) is 17.1. The zero-order valence-corrected chi connectivity index (χ0v) is 16.8. The highest BCUT2D eigenvalue weighted by Crippen LogP contribution is 2.35. The van der Waals surface area contributed by atoms with E-state index in [9.17, 15) is 13.9 Å². The Morgan fingerprint density at radius 3 is 1.81 bits per heavy atom. The van der Waals surface area contributed by atoms with Gasteiger partial charge in [0.1, 0.15) is 11.6 Å². The molecule has 1 saturated heterocycles. The van der Waals surface area contributed by atoms with Crippen LogP contribution in [-0.4, -0.2) is 29.2 Å². The van der Waals surface area contributed by atoms with Gasteiger partial charge in [-0.2, -0.15) is 27.0 Å². The van der Waals surface area contributed by atoms with Crippen LogP contribution in [0.15, 0.2) is 48.5 Å². The van der Waals surface area contributed by atoms with Crippen molar-refractivity contribution in [3.05, 3.63) is 71.3 Å². The van der Waals surface area contributed by atoms with Crippen molar-refractivity contribution in [1.82, 2.24) is 4.90 Å². The molecule has 0 amide bonds. The van der Waals surface area contributed by atoms with E-state index in [2.05, 4.69) is 11.8 Å². The Balaban J connectivity index is 0.00000169. The molecule has 0 radical (unpaired) electrons. The van der Waals surface area contributed by atoms with Crippen LogP contribution >= 0.6 is 27.0 Å². The van der Waals surface area contributed by atoms with Crippen LogP contribution in [0.2, 0.25) is 0 Å². The first kappa shape index (κ1) is 23.0. The first-order chi connectivity index (χ1) is 11.6. The molecule has 1 N–H and O–H groups in total. The molecule has 6 heteroatoms. The summed E-state index contributed by atoms with van der Waals surface area (Å²) in [6.07, 6.45) is 2.01. The fraction of sp³-hybridized carbons (Fsp3) is 0.400. The van der Waals surface area contributed by atoms with Gasteiger partial charge in [0.25, 0.3) is 0 Å². The SMILES string of the molecule is C[C@@H]1CC[C@@H](CO)N(C(c2ccc(F)cc2)c2ccc(F)cc2)C1.S.S. The van der Waals surface area contributed by atoms with E-state index in [1.54, 1.807) is 24.3 Å². The zero-order valence-electron chi connectivity index (χ0n) is 14.8. The standard InChI is InChI=1S/C20H23F2NO.2H2S/c1-14-2-11-19(13-24)23(12-14)20(15-3-7-17(21)8-4-15)16-5-9-18(22)10-6-16;;/h3-10,14,19-20,24H,2,11-13H2,1H3;2*1H2/t14-,19+;;/m1../s1. The molecule has 144 valence electrons. The van der Waals surface area contributed by atoms with Crippen molar-refractivity contribution in [3.63, 3.8) is 0 Å². The minimum absolute atomic E-state index is 0. The molecule has 2 aromatic rings. The third kappa shape index (κ3) is 5.22. The minimum Gasteiger partial charge on any atom is -0.395 e. The molecule has 2 aromatic carbocycles. The number of piperidine rings is 1. The van der Waals surface area contributed by atoms with Crippen LogP contribution in [0.25, 0.3) is 0 Å². The molecule has 3 rings (SSSR count). The molecule has 0 unspecified atom stereocenters. The number of likely N-dealkylation sites (tertiary alicyclic amines) is 1. The Bertz CT molecular complexity index is 621. The van der Waals surface area contributed by atoms with Gasteiger partial charge in [-0.15, -0.1) is 0 Å². The van der Waals surface area contributed by atoms with Gasteiger partial charge in [-0.25, -0.2) is 8.78 Å². The van der Waals surface area contributed by atoms with Crippen LogP contribution in [-0.2, 0) is 0 Å². The number of nitrogens with zero attached hydrogens (tertiary/aromatic N) is 1. The van der Waals surface area contributed by atoms with E-state index in [-0.39, 0.29) is 57.3 Å². The van der Waals surface area contributed by atoms with Crippen molar-refractivity contribution in [2.75, 3.05) is 13.2 Å². The van der Waals surface area contributed by atoms with E-state index in [4.69, 9.17) is 0 Å². The van der Waals surface area contributed by atoms with Crippen molar-refractivity contribution in [2.45, 2.75) is 31.8 Å². The predicted molar refractivity (Wildman–Crippen MR) is 111 cm³/mol. The number of rotatable bonds is 4. The van der Waals surface area contributed by atoms with Gasteiger partial charge >= 0.3 is 0 Å². The molecule has 0 aromatic heterocycles. The van der Waals surface area contributed by atoms with Gasteiger partial charge < -0.3 is 5.11 Å². The van der Waals surface area contributed by atoms with Crippen LogP contribution in [0.4, 0.5) is 8.78 Å². The lowest BCUT2D eigenvalue weighted by molar-refractivity contribution is 0.0445. The fourth-order valence-electron chi connectivity index (χ4n) is 3.62. The quantitative estimate of drug-likeness (QED) is 0.825. The van der Waals surface area contributed by atoms with Crippen molar-refractivity contribution >= 4 is 27.0 Å². The van der Waals surface area contributed by atoms with Gasteiger partial charge in [0.15, 0.2) is 0 Å². The first-order valence-corrected chi connectivity index (χ1v) is 8.46. The highest BCUT2D eigenvalue weighted by Gasteiger charge is 2.33. The summed E-state index contributed by atoms with van der Waals surface area (Å²) >= 11 is 0. The topological polar surface area (TPSA) is 23.5 Å². The lowest BCUT2D eigenvalue weighted by Gasteiger charge is -2.43. The molecule has 1 aliphatic rings. The molecule has 0 spiro atoms. The summed E-state index contributed by atoms with van der Waals surface area (Å²) in [6.45, 7) is 3.14. The molecule has 0 saturated carbocycles. The van der Waals surface area contributed by atoms with Crippen molar-refractivity contribution in [2.24, 2.45) is 5.92 Å². The second kappa shape index (κ2) is 10.3. The summed E-state index contributed by atoms with van der Waals surface area (Å²) in [7, 11) is 0. The Labute approximate surface area is 168 Å².